The van der Waals surface area contributed by atoms with E-state index in [1.54, 1.807) is 0 Å². The summed E-state index contributed by atoms with van der Waals surface area (Å²) in [5.41, 5.74) is 4.30. The maximum atomic E-state index is 13.1. The molecule has 8 heteroatoms. The summed E-state index contributed by atoms with van der Waals surface area (Å²) in [4.78, 5) is 22.7. The van der Waals surface area contributed by atoms with Crippen molar-refractivity contribution in [3.05, 3.63) is 50.5 Å². The molecule has 0 aliphatic rings. The number of aromatic amines is 2. The molecule has 0 aliphatic carbocycles. The van der Waals surface area contributed by atoms with Crippen LogP contribution in [0.4, 0.5) is 4.39 Å². The number of rotatable bonds is 2. The number of nitrogens with one attached hydrogen (secondary N) is 2. The average molecular weight is 254 g/mol. The first-order valence-corrected chi connectivity index (χ1v) is 4.91. The second kappa shape index (κ2) is 3.98. The Balaban J connectivity index is 2.81. The van der Waals surface area contributed by atoms with Gasteiger partial charge in [0.1, 0.15) is 10.8 Å². The van der Waals surface area contributed by atoms with E-state index in [0.717, 1.165) is 16.7 Å². The summed E-state index contributed by atoms with van der Waals surface area (Å²) in [6.07, 6.45) is 0. The van der Waals surface area contributed by atoms with E-state index in [1.807, 2.05) is 0 Å². The lowest BCUT2D eigenvalue weighted by atomic mass is 10.1. The molecule has 0 saturated carbocycles. The van der Waals surface area contributed by atoms with Gasteiger partial charge >= 0.3 is 11.4 Å². The second-order valence-corrected chi connectivity index (χ2v) is 3.66. The second-order valence-electron chi connectivity index (χ2n) is 3.22. The van der Waals surface area contributed by atoms with Gasteiger partial charge in [-0.1, -0.05) is 12.2 Å². The molecule has 0 saturated heterocycles. The van der Waals surface area contributed by atoms with Crippen molar-refractivity contribution in [1.29, 1.82) is 0 Å². The smallest absolute Gasteiger partial charge is 0.349 e. The van der Waals surface area contributed by atoms with Gasteiger partial charge in [0.05, 0.1) is 5.69 Å². The molecule has 1 aromatic carbocycles. The molecule has 1 aromatic heterocycles. The van der Waals surface area contributed by atoms with E-state index < -0.39 is 17.2 Å². The molecule has 4 N–H and O–H groups in total. The lowest BCUT2D eigenvalue weighted by molar-refractivity contribution is 0.627. The summed E-state index contributed by atoms with van der Waals surface area (Å²) in [7, 11) is 0. The molecular formula is C9H7FN4O2S. The van der Waals surface area contributed by atoms with E-state index in [2.05, 4.69) is 10.2 Å². The Kier molecular flexibility index (Phi) is 2.64. The van der Waals surface area contributed by atoms with Gasteiger partial charge in [-0.25, -0.2) is 28.7 Å². The number of H-pyrrole nitrogens is 2. The fourth-order valence-electron chi connectivity index (χ4n) is 1.43. The van der Waals surface area contributed by atoms with E-state index in [-0.39, 0.29) is 16.2 Å². The highest BCUT2D eigenvalue weighted by atomic mass is 32.1. The van der Waals surface area contributed by atoms with Crippen molar-refractivity contribution in [2.75, 3.05) is 0 Å². The van der Waals surface area contributed by atoms with Gasteiger partial charge in [0.25, 0.3) is 0 Å². The Labute approximate surface area is 98.9 Å². The van der Waals surface area contributed by atoms with Crippen LogP contribution in [0, 0.1) is 5.82 Å². The normalized spacial score (nSPS) is 10.4. The van der Waals surface area contributed by atoms with Gasteiger partial charge in [-0.15, -0.1) is 0 Å². The molecule has 2 aromatic rings. The van der Waals surface area contributed by atoms with Crippen molar-refractivity contribution in [3.63, 3.8) is 0 Å². The van der Waals surface area contributed by atoms with E-state index in [9.17, 15) is 14.0 Å². The van der Waals surface area contributed by atoms with Crippen LogP contribution in [-0.4, -0.2) is 19.8 Å². The van der Waals surface area contributed by atoms with Crippen LogP contribution in [-0.2, 0) is 0 Å². The lowest BCUT2D eigenvalue weighted by Crippen LogP contribution is -2.27. The van der Waals surface area contributed by atoms with Crippen molar-refractivity contribution >= 4 is 17.2 Å². The zero-order chi connectivity index (χ0) is 12.6. The van der Waals surface area contributed by atoms with Crippen molar-refractivity contribution in [2.45, 2.75) is 0 Å². The molecule has 0 spiro atoms. The molecule has 2 rings (SSSR count). The Morgan fingerprint density at radius 2 is 1.88 bits per heavy atom. The summed E-state index contributed by atoms with van der Waals surface area (Å²) in [6, 6.07) is 3.43. The minimum atomic E-state index is -0.681. The van der Waals surface area contributed by atoms with Gasteiger partial charge in [0.15, 0.2) is 0 Å². The van der Waals surface area contributed by atoms with Gasteiger partial charge in [-0.05, 0) is 18.2 Å². The third kappa shape index (κ3) is 1.89. The van der Waals surface area contributed by atoms with Crippen molar-refractivity contribution < 1.29 is 4.39 Å². The van der Waals surface area contributed by atoms with Crippen LogP contribution >= 0.6 is 12.2 Å². The molecule has 0 amide bonds. The van der Waals surface area contributed by atoms with Crippen LogP contribution in [0.3, 0.4) is 0 Å². The quantitative estimate of drug-likeness (QED) is 0.637. The first kappa shape index (κ1) is 11.3. The first-order chi connectivity index (χ1) is 8.00. The maximum Gasteiger partial charge on any atom is 0.349 e. The lowest BCUT2D eigenvalue weighted by Gasteiger charge is -2.06. The molecule has 0 unspecified atom stereocenters. The van der Waals surface area contributed by atoms with Crippen LogP contribution in [0.5, 0.6) is 0 Å². The fourth-order valence-corrected chi connectivity index (χ4v) is 1.59. The van der Waals surface area contributed by atoms with Crippen LogP contribution in [0.15, 0.2) is 27.8 Å². The van der Waals surface area contributed by atoms with Gasteiger partial charge in [-0.3, -0.25) is 0 Å². The molecule has 0 fully saturated rings. The number of halogens is 1. The maximum absolute atomic E-state index is 13.1. The molecule has 0 atom stereocenters. The predicted octanol–water partition coefficient (Wildman–Crippen LogP) is -0.373. The summed E-state index contributed by atoms with van der Waals surface area (Å²) in [6.45, 7) is 0. The van der Waals surface area contributed by atoms with Crippen LogP contribution in [0.2, 0.25) is 0 Å². The third-order valence-corrected chi connectivity index (χ3v) is 2.37. The molecule has 0 bridgehead atoms. The number of hydrogen-bond donors (Lipinski definition) is 3. The Morgan fingerprint density at radius 3 is 2.41 bits per heavy atom. The molecule has 88 valence electrons. The number of thiocarbonyl (C=S) groups is 1. The van der Waals surface area contributed by atoms with Gasteiger partial charge in [0, 0.05) is 5.56 Å². The summed E-state index contributed by atoms with van der Waals surface area (Å²) in [5, 5.41) is 4.22. The Morgan fingerprint density at radius 1 is 1.29 bits per heavy atom. The zero-order valence-electron chi connectivity index (χ0n) is 8.36. The molecular weight excluding hydrogens is 247 g/mol. The number of benzene rings is 1. The Bertz CT molecular complexity index is 672. The van der Waals surface area contributed by atoms with Crippen LogP contribution < -0.4 is 17.1 Å². The number of nitrogens with two attached hydrogens (primary N) is 1. The number of aromatic nitrogens is 3. The number of hydrogen-bond acceptors (Lipinski definition) is 3. The topological polar surface area (TPSA) is 96.7 Å². The van der Waals surface area contributed by atoms with Gasteiger partial charge in [0.2, 0.25) is 0 Å². The van der Waals surface area contributed by atoms with Gasteiger partial charge < -0.3 is 5.73 Å². The van der Waals surface area contributed by atoms with Gasteiger partial charge in [-0.2, -0.15) is 0 Å². The van der Waals surface area contributed by atoms with Crippen molar-refractivity contribution in [2.24, 2.45) is 5.73 Å². The minimum Gasteiger partial charge on any atom is -0.389 e. The summed E-state index contributed by atoms with van der Waals surface area (Å²) in [5.74, 6) is -0.559. The summed E-state index contributed by atoms with van der Waals surface area (Å²) >= 11 is 4.74. The van der Waals surface area contributed by atoms with E-state index in [0.29, 0.717) is 0 Å². The summed E-state index contributed by atoms with van der Waals surface area (Å²) < 4.78 is 13.8. The predicted molar refractivity (Wildman–Crippen MR) is 62.9 cm³/mol. The Hall–Kier alpha value is -2.22. The molecule has 0 aliphatic heterocycles. The highest BCUT2D eigenvalue weighted by Crippen LogP contribution is 2.13. The van der Waals surface area contributed by atoms with Crippen LogP contribution in [0.25, 0.3) is 5.69 Å². The average Bonchev–Trinajstić information content (AvgIpc) is 2.59. The monoisotopic (exact) mass is 254 g/mol. The standard InChI is InChI=1S/C9H7FN4O2S/c10-4-1-2-6(5(3-4)7(11)17)14-8(15)12-13-9(14)16/h1-3H,(H2,11,17)(H,12,15)(H,13,16). The van der Waals surface area contributed by atoms with Crippen LogP contribution in [0.1, 0.15) is 5.56 Å². The molecule has 6 nitrogen and oxygen atoms in total. The van der Waals surface area contributed by atoms with E-state index in [1.165, 1.54) is 6.07 Å². The highest BCUT2D eigenvalue weighted by Gasteiger charge is 2.13. The molecule has 1 heterocycles. The fraction of sp³-hybridized carbons (Fsp3) is 0. The first-order valence-electron chi connectivity index (χ1n) is 4.50. The van der Waals surface area contributed by atoms with Crippen molar-refractivity contribution in [1.82, 2.24) is 14.8 Å². The molecule has 0 radical (unpaired) electrons. The SMILES string of the molecule is NC(=S)c1cc(F)ccc1-n1c(=O)[nH][nH]c1=O. The largest absolute Gasteiger partial charge is 0.389 e. The van der Waals surface area contributed by atoms with E-state index in [4.69, 9.17) is 18.0 Å². The number of nitrogens with zero attached hydrogens (tertiary/aromatic N) is 1. The zero-order valence-corrected chi connectivity index (χ0v) is 9.18. The van der Waals surface area contributed by atoms with E-state index >= 15 is 0 Å². The highest BCUT2D eigenvalue weighted by molar-refractivity contribution is 7.80. The molecule has 17 heavy (non-hydrogen) atoms. The third-order valence-electron chi connectivity index (χ3n) is 2.15. The minimum absolute atomic E-state index is 0.105. The van der Waals surface area contributed by atoms with Crippen molar-refractivity contribution in [3.8, 4) is 5.69 Å².